The fourth-order valence-electron chi connectivity index (χ4n) is 4.46. The van der Waals surface area contributed by atoms with Gasteiger partial charge in [-0.25, -0.2) is 0 Å². The van der Waals surface area contributed by atoms with Gasteiger partial charge in [0.05, 0.1) is 18.0 Å². The third kappa shape index (κ3) is 4.90. The number of nitrogens with two attached hydrogens (primary N) is 1. The Kier molecular flexibility index (Phi) is 7.14. The number of nitrogens with zero attached hydrogens (tertiary/aromatic N) is 3. The molecule has 0 aliphatic heterocycles. The second-order valence-corrected chi connectivity index (χ2v) is 8.69. The molecule has 2 N–H and O–H groups in total. The molecule has 29 heavy (non-hydrogen) atoms. The van der Waals surface area contributed by atoms with E-state index < -0.39 is 0 Å². The van der Waals surface area contributed by atoms with Gasteiger partial charge in [-0.2, -0.15) is 10.2 Å². The first-order chi connectivity index (χ1) is 13.6. The van der Waals surface area contributed by atoms with E-state index in [0.717, 1.165) is 37.3 Å². The summed E-state index contributed by atoms with van der Waals surface area (Å²) < 4.78 is 0. The highest BCUT2D eigenvalue weighted by Gasteiger charge is 2.40. The van der Waals surface area contributed by atoms with Gasteiger partial charge in [-0.05, 0) is 68.2 Å². The third-order valence-electron chi connectivity index (χ3n) is 6.42. The first-order valence-corrected chi connectivity index (χ1v) is 10.5. The van der Waals surface area contributed by atoms with Crippen LogP contribution in [0.15, 0.2) is 42.7 Å². The summed E-state index contributed by atoms with van der Waals surface area (Å²) in [5.41, 5.74) is 8.04. The predicted octanol–water partition coefficient (Wildman–Crippen LogP) is 4.24. The normalized spacial score (nSPS) is 23.9. The van der Waals surface area contributed by atoms with E-state index in [1.165, 1.54) is 18.4 Å². The zero-order valence-corrected chi connectivity index (χ0v) is 18.0. The monoisotopic (exact) mass is 434 g/mol. The Hall–Kier alpha value is -1.69. The molecule has 2 fully saturated rings. The van der Waals surface area contributed by atoms with Gasteiger partial charge in [0.25, 0.3) is 5.91 Å². The van der Waals surface area contributed by atoms with Crippen LogP contribution < -0.4 is 5.73 Å². The van der Waals surface area contributed by atoms with Crippen LogP contribution in [0.5, 0.6) is 0 Å². The summed E-state index contributed by atoms with van der Waals surface area (Å²) >= 11 is 6.23. The van der Waals surface area contributed by atoms with Crippen LogP contribution in [-0.2, 0) is 5.41 Å². The van der Waals surface area contributed by atoms with Crippen molar-refractivity contribution in [2.45, 2.75) is 50.0 Å². The van der Waals surface area contributed by atoms with Gasteiger partial charge in [0.1, 0.15) is 0 Å². The summed E-state index contributed by atoms with van der Waals surface area (Å²) in [7, 11) is 0. The van der Waals surface area contributed by atoms with E-state index in [2.05, 4.69) is 21.2 Å². The molecule has 2 aliphatic rings. The Morgan fingerprint density at radius 2 is 1.93 bits per heavy atom. The quantitative estimate of drug-likeness (QED) is 0.737. The molecule has 0 unspecified atom stereocenters. The number of amides is 1. The van der Waals surface area contributed by atoms with Gasteiger partial charge < -0.3 is 10.6 Å². The molecule has 0 radical (unpaired) electrons. The maximum absolute atomic E-state index is 13.2. The van der Waals surface area contributed by atoms with Crippen LogP contribution in [0.3, 0.4) is 0 Å². The summed E-state index contributed by atoms with van der Waals surface area (Å²) in [5.74, 6) is 0.725. The Balaban J connectivity index is 0.00000240. The van der Waals surface area contributed by atoms with E-state index in [0.29, 0.717) is 18.0 Å². The number of carbonyl (C=O) groups is 1. The average Bonchev–Trinajstić information content (AvgIpc) is 3.57. The topological polar surface area (TPSA) is 72.1 Å². The Bertz CT molecular complexity index is 821. The van der Waals surface area contributed by atoms with Crippen molar-refractivity contribution in [1.82, 2.24) is 15.1 Å². The van der Waals surface area contributed by atoms with E-state index >= 15 is 0 Å². The van der Waals surface area contributed by atoms with Crippen molar-refractivity contribution in [3.05, 3.63) is 58.9 Å². The van der Waals surface area contributed by atoms with Crippen molar-refractivity contribution < 1.29 is 4.79 Å². The van der Waals surface area contributed by atoms with E-state index in [9.17, 15) is 4.79 Å². The van der Waals surface area contributed by atoms with Gasteiger partial charge >= 0.3 is 0 Å². The maximum atomic E-state index is 13.2. The van der Waals surface area contributed by atoms with Crippen molar-refractivity contribution in [2.75, 3.05) is 13.1 Å². The summed E-state index contributed by atoms with van der Waals surface area (Å²) in [4.78, 5) is 15.3. The fourth-order valence-corrected chi connectivity index (χ4v) is 4.65. The van der Waals surface area contributed by atoms with E-state index in [4.69, 9.17) is 17.3 Å². The van der Waals surface area contributed by atoms with Gasteiger partial charge in [0, 0.05) is 29.6 Å². The predicted molar refractivity (Wildman–Crippen MR) is 117 cm³/mol. The van der Waals surface area contributed by atoms with Crippen LogP contribution in [0.4, 0.5) is 0 Å². The molecule has 7 heteroatoms. The Morgan fingerprint density at radius 1 is 1.17 bits per heavy atom. The van der Waals surface area contributed by atoms with E-state index in [-0.39, 0.29) is 29.8 Å². The number of carbonyl (C=O) groups excluding carboxylic acids is 1. The van der Waals surface area contributed by atoms with Crippen molar-refractivity contribution in [3.63, 3.8) is 0 Å². The number of hydrogen-bond donors (Lipinski definition) is 1. The molecule has 2 aliphatic carbocycles. The lowest BCUT2D eigenvalue weighted by molar-refractivity contribution is 0.0581. The molecule has 2 aromatic rings. The Morgan fingerprint density at radius 3 is 2.52 bits per heavy atom. The first-order valence-electron chi connectivity index (χ1n) is 10.1. The highest BCUT2D eigenvalue weighted by atomic mass is 35.5. The minimum Gasteiger partial charge on any atom is -0.335 e. The number of hydrogen-bond acceptors (Lipinski definition) is 4. The molecule has 1 aromatic carbocycles. The molecule has 5 nitrogen and oxygen atoms in total. The van der Waals surface area contributed by atoms with Gasteiger partial charge in [-0.3, -0.25) is 4.79 Å². The maximum Gasteiger partial charge on any atom is 0.255 e. The minimum absolute atomic E-state index is 0. The zero-order valence-electron chi connectivity index (χ0n) is 16.5. The summed E-state index contributed by atoms with van der Waals surface area (Å²) in [6.07, 6.45) is 9.46. The van der Waals surface area contributed by atoms with Crippen LogP contribution in [0.2, 0.25) is 5.02 Å². The highest BCUT2D eigenvalue weighted by Crippen LogP contribution is 2.42. The zero-order chi connectivity index (χ0) is 19.6. The molecule has 0 spiro atoms. The Labute approximate surface area is 183 Å². The summed E-state index contributed by atoms with van der Waals surface area (Å²) in [6, 6.07) is 10.1. The lowest BCUT2D eigenvalue weighted by Crippen LogP contribution is -2.48. The van der Waals surface area contributed by atoms with Gasteiger partial charge in [0.2, 0.25) is 0 Å². The van der Waals surface area contributed by atoms with E-state index in [1.54, 1.807) is 18.5 Å². The third-order valence-corrected chi connectivity index (χ3v) is 6.66. The van der Waals surface area contributed by atoms with Crippen molar-refractivity contribution in [2.24, 2.45) is 11.7 Å². The standard InChI is InChI=1S/C22H27ClN4O.ClH/c23-19-3-1-2-18(12-19)22(15-24)9-6-20(7-10-22)27(14-16-4-5-16)21(28)17-8-11-25-26-13-17;/h1-3,8,11-13,16,20H,4-7,9-10,14-15,24H2;1H/t20-,22-;. The van der Waals surface area contributed by atoms with Crippen LogP contribution in [-0.4, -0.2) is 40.1 Å². The molecule has 0 atom stereocenters. The second kappa shape index (κ2) is 9.41. The summed E-state index contributed by atoms with van der Waals surface area (Å²) in [6.45, 7) is 1.45. The molecule has 2 saturated carbocycles. The SMILES string of the molecule is Cl.NC[C@]1(c2cccc(Cl)c2)CC[C@H](N(CC2CC2)C(=O)c2ccnnc2)CC1. The molecule has 1 heterocycles. The average molecular weight is 435 g/mol. The smallest absolute Gasteiger partial charge is 0.255 e. The fraction of sp³-hybridized carbons (Fsp3) is 0.500. The summed E-state index contributed by atoms with van der Waals surface area (Å²) in [5, 5.41) is 8.44. The molecule has 0 saturated heterocycles. The lowest BCUT2D eigenvalue weighted by atomic mass is 9.68. The number of rotatable bonds is 6. The molecule has 1 amide bonds. The van der Waals surface area contributed by atoms with Crippen molar-refractivity contribution in [1.29, 1.82) is 0 Å². The first kappa shape index (κ1) is 22.0. The van der Waals surface area contributed by atoms with Gasteiger partial charge in [-0.15, -0.1) is 12.4 Å². The second-order valence-electron chi connectivity index (χ2n) is 8.26. The minimum atomic E-state index is -0.0477. The molecule has 1 aromatic heterocycles. The molecule has 4 rings (SSSR count). The largest absolute Gasteiger partial charge is 0.335 e. The highest BCUT2D eigenvalue weighted by molar-refractivity contribution is 6.30. The molecule has 0 bridgehead atoms. The molecular weight excluding hydrogens is 407 g/mol. The molecular formula is C22H28Cl2N4O. The van der Waals surface area contributed by atoms with Gasteiger partial charge in [-0.1, -0.05) is 23.7 Å². The number of aromatic nitrogens is 2. The van der Waals surface area contributed by atoms with Crippen LogP contribution in [0, 0.1) is 5.92 Å². The van der Waals surface area contributed by atoms with Gasteiger partial charge in [0.15, 0.2) is 0 Å². The van der Waals surface area contributed by atoms with Crippen molar-refractivity contribution >= 4 is 29.9 Å². The van der Waals surface area contributed by atoms with Crippen LogP contribution in [0.1, 0.15) is 54.4 Å². The lowest BCUT2D eigenvalue weighted by Gasteiger charge is -2.43. The van der Waals surface area contributed by atoms with Crippen molar-refractivity contribution in [3.8, 4) is 0 Å². The van der Waals surface area contributed by atoms with Crippen LogP contribution in [0.25, 0.3) is 0 Å². The van der Waals surface area contributed by atoms with Crippen LogP contribution >= 0.6 is 24.0 Å². The van der Waals surface area contributed by atoms with E-state index in [1.807, 2.05) is 18.2 Å². The molecule has 156 valence electrons. The number of benzene rings is 1. The number of halogens is 2.